The standard InChI is InChI=1S/C17H26N2O/c1-2-17(20)15-19-13-11-18(12-14-19)10-6-9-16-7-4-3-5-8-16/h3-9,17,20H,2,10-15H2,1H3/b9-6+. The molecule has 0 radical (unpaired) electrons. The van der Waals surface area contributed by atoms with Crippen LogP contribution >= 0.6 is 0 Å². The Kier molecular flexibility index (Phi) is 6.25. The van der Waals surface area contributed by atoms with Crippen LogP contribution < -0.4 is 0 Å². The number of piperazine rings is 1. The monoisotopic (exact) mass is 274 g/mol. The van der Waals surface area contributed by atoms with Crippen molar-refractivity contribution in [2.45, 2.75) is 19.4 Å². The molecule has 1 aliphatic rings. The Labute approximate surface area is 122 Å². The average molecular weight is 274 g/mol. The lowest BCUT2D eigenvalue weighted by Gasteiger charge is -2.35. The van der Waals surface area contributed by atoms with E-state index in [1.54, 1.807) is 0 Å². The quantitative estimate of drug-likeness (QED) is 0.860. The minimum atomic E-state index is -0.167. The number of aliphatic hydroxyl groups excluding tert-OH is 1. The summed E-state index contributed by atoms with van der Waals surface area (Å²) in [7, 11) is 0. The van der Waals surface area contributed by atoms with Crippen LogP contribution in [0.5, 0.6) is 0 Å². The minimum Gasteiger partial charge on any atom is -0.392 e. The predicted molar refractivity (Wildman–Crippen MR) is 84.7 cm³/mol. The molecular formula is C17H26N2O. The van der Waals surface area contributed by atoms with Crippen LogP contribution in [-0.2, 0) is 0 Å². The van der Waals surface area contributed by atoms with Crippen molar-refractivity contribution in [3.05, 3.63) is 42.0 Å². The summed E-state index contributed by atoms with van der Waals surface area (Å²) >= 11 is 0. The second-order valence-corrected chi connectivity index (χ2v) is 5.48. The molecule has 1 atom stereocenters. The third-order valence-electron chi connectivity index (χ3n) is 3.88. The molecule has 3 heteroatoms. The fourth-order valence-electron chi connectivity index (χ4n) is 2.48. The number of hydrogen-bond acceptors (Lipinski definition) is 3. The molecule has 3 nitrogen and oxygen atoms in total. The lowest BCUT2D eigenvalue weighted by molar-refractivity contribution is 0.0747. The van der Waals surface area contributed by atoms with Crippen LogP contribution in [0.15, 0.2) is 36.4 Å². The second kappa shape index (κ2) is 8.20. The van der Waals surface area contributed by atoms with Gasteiger partial charge < -0.3 is 5.11 Å². The van der Waals surface area contributed by atoms with Gasteiger partial charge in [0.05, 0.1) is 6.10 Å². The number of rotatable bonds is 6. The third kappa shape index (κ3) is 5.08. The van der Waals surface area contributed by atoms with Crippen LogP contribution in [0.1, 0.15) is 18.9 Å². The Balaban J connectivity index is 1.68. The van der Waals surface area contributed by atoms with Gasteiger partial charge in [0.15, 0.2) is 0 Å². The Bertz CT molecular complexity index is 397. The zero-order valence-electron chi connectivity index (χ0n) is 12.4. The van der Waals surface area contributed by atoms with Gasteiger partial charge in [-0.15, -0.1) is 0 Å². The first-order valence-electron chi connectivity index (χ1n) is 7.62. The van der Waals surface area contributed by atoms with E-state index in [9.17, 15) is 5.11 Å². The molecular weight excluding hydrogens is 248 g/mol. The van der Waals surface area contributed by atoms with Crippen molar-refractivity contribution in [2.24, 2.45) is 0 Å². The molecule has 20 heavy (non-hydrogen) atoms. The topological polar surface area (TPSA) is 26.7 Å². The molecule has 2 rings (SSSR count). The summed E-state index contributed by atoms with van der Waals surface area (Å²) in [5.41, 5.74) is 1.26. The molecule has 1 N–H and O–H groups in total. The molecule has 1 aromatic carbocycles. The van der Waals surface area contributed by atoms with Gasteiger partial charge in [-0.05, 0) is 12.0 Å². The summed E-state index contributed by atoms with van der Waals surface area (Å²) in [5, 5.41) is 9.68. The van der Waals surface area contributed by atoms with E-state index in [4.69, 9.17) is 0 Å². The number of β-amino-alcohol motifs (C(OH)–C–C–N with tert-alkyl or cyclic N) is 1. The Morgan fingerprint density at radius 2 is 1.75 bits per heavy atom. The highest BCUT2D eigenvalue weighted by molar-refractivity contribution is 5.48. The number of benzene rings is 1. The zero-order valence-corrected chi connectivity index (χ0v) is 12.4. The first-order valence-corrected chi connectivity index (χ1v) is 7.62. The highest BCUT2D eigenvalue weighted by Crippen LogP contribution is 2.05. The van der Waals surface area contributed by atoms with Gasteiger partial charge in [0.25, 0.3) is 0 Å². The van der Waals surface area contributed by atoms with E-state index in [2.05, 4.69) is 46.2 Å². The lowest BCUT2D eigenvalue weighted by Crippen LogP contribution is -2.48. The molecule has 0 amide bonds. The predicted octanol–water partition coefficient (Wildman–Crippen LogP) is 2.09. The van der Waals surface area contributed by atoms with Gasteiger partial charge in [0, 0.05) is 39.3 Å². The van der Waals surface area contributed by atoms with E-state index >= 15 is 0 Å². The number of hydrogen-bond donors (Lipinski definition) is 1. The molecule has 0 aliphatic carbocycles. The van der Waals surface area contributed by atoms with E-state index in [-0.39, 0.29) is 6.10 Å². The summed E-state index contributed by atoms with van der Waals surface area (Å²) in [6.45, 7) is 8.19. The molecule has 1 aliphatic heterocycles. The fourth-order valence-corrected chi connectivity index (χ4v) is 2.48. The van der Waals surface area contributed by atoms with E-state index in [0.717, 1.165) is 45.7 Å². The molecule has 1 fully saturated rings. The molecule has 1 heterocycles. The van der Waals surface area contributed by atoms with Crippen molar-refractivity contribution in [2.75, 3.05) is 39.3 Å². The Hall–Kier alpha value is -1.16. The smallest absolute Gasteiger partial charge is 0.0664 e. The molecule has 0 spiro atoms. The zero-order chi connectivity index (χ0) is 14.2. The second-order valence-electron chi connectivity index (χ2n) is 5.48. The number of nitrogens with zero attached hydrogens (tertiary/aromatic N) is 2. The van der Waals surface area contributed by atoms with Crippen molar-refractivity contribution < 1.29 is 5.11 Å². The summed E-state index contributed by atoms with van der Waals surface area (Å²) in [4.78, 5) is 4.83. The molecule has 1 aromatic rings. The summed E-state index contributed by atoms with van der Waals surface area (Å²) < 4.78 is 0. The maximum absolute atomic E-state index is 9.68. The van der Waals surface area contributed by atoms with E-state index in [0.29, 0.717) is 0 Å². The average Bonchev–Trinajstić information content (AvgIpc) is 2.50. The Morgan fingerprint density at radius 1 is 1.10 bits per heavy atom. The van der Waals surface area contributed by atoms with Crippen LogP contribution in [-0.4, -0.2) is 60.3 Å². The van der Waals surface area contributed by atoms with Gasteiger partial charge >= 0.3 is 0 Å². The van der Waals surface area contributed by atoms with Crippen LogP contribution in [0.2, 0.25) is 0 Å². The van der Waals surface area contributed by atoms with E-state index in [1.807, 2.05) is 13.0 Å². The van der Waals surface area contributed by atoms with E-state index in [1.165, 1.54) is 5.56 Å². The van der Waals surface area contributed by atoms with Crippen molar-refractivity contribution in [3.8, 4) is 0 Å². The van der Waals surface area contributed by atoms with Gasteiger partial charge in [0.2, 0.25) is 0 Å². The first kappa shape index (κ1) is 15.2. The molecule has 110 valence electrons. The highest BCUT2D eigenvalue weighted by atomic mass is 16.3. The molecule has 0 saturated carbocycles. The molecule has 1 saturated heterocycles. The summed E-state index contributed by atoms with van der Waals surface area (Å²) in [6.07, 6.45) is 5.11. The first-order chi connectivity index (χ1) is 9.78. The SMILES string of the molecule is CCC(O)CN1CCN(C/C=C/c2ccccc2)CC1. The van der Waals surface area contributed by atoms with Crippen molar-refractivity contribution in [1.29, 1.82) is 0 Å². The third-order valence-corrected chi connectivity index (χ3v) is 3.88. The number of aliphatic hydroxyl groups is 1. The van der Waals surface area contributed by atoms with Gasteiger partial charge in [0.1, 0.15) is 0 Å². The van der Waals surface area contributed by atoms with Crippen molar-refractivity contribution >= 4 is 6.08 Å². The highest BCUT2D eigenvalue weighted by Gasteiger charge is 2.17. The van der Waals surface area contributed by atoms with Crippen molar-refractivity contribution in [3.63, 3.8) is 0 Å². The largest absolute Gasteiger partial charge is 0.392 e. The van der Waals surface area contributed by atoms with Gasteiger partial charge in [-0.1, -0.05) is 49.4 Å². The van der Waals surface area contributed by atoms with Crippen LogP contribution in [0, 0.1) is 0 Å². The fraction of sp³-hybridized carbons (Fsp3) is 0.529. The Morgan fingerprint density at radius 3 is 2.40 bits per heavy atom. The summed E-state index contributed by atoms with van der Waals surface area (Å²) in [5.74, 6) is 0. The minimum absolute atomic E-state index is 0.167. The molecule has 1 unspecified atom stereocenters. The van der Waals surface area contributed by atoms with Crippen LogP contribution in [0.4, 0.5) is 0 Å². The van der Waals surface area contributed by atoms with E-state index < -0.39 is 0 Å². The normalized spacial score (nSPS) is 19.5. The van der Waals surface area contributed by atoms with Crippen LogP contribution in [0.3, 0.4) is 0 Å². The lowest BCUT2D eigenvalue weighted by atomic mass is 10.2. The van der Waals surface area contributed by atoms with Crippen molar-refractivity contribution in [1.82, 2.24) is 9.80 Å². The van der Waals surface area contributed by atoms with Gasteiger partial charge in [-0.25, -0.2) is 0 Å². The van der Waals surface area contributed by atoms with Gasteiger partial charge in [-0.3, -0.25) is 9.80 Å². The maximum Gasteiger partial charge on any atom is 0.0664 e. The maximum atomic E-state index is 9.68. The molecule has 0 aromatic heterocycles. The summed E-state index contributed by atoms with van der Waals surface area (Å²) in [6, 6.07) is 10.4. The van der Waals surface area contributed by atoms with Crippen LogP contribution in [0.25, 0.3) is 6.08 Å². The molecule has 0 bridgehead atoms. The van der Waals surface area contributed by atoms with Gasteiger partial charge in [-0.2, -0.15) is 0 Å².